The van der Waals surface area contributed by atoms with Crippen LogP contribution < -0.4 is 5.32 Å². The lowest BCUT2D eigenvalue weighted by molar-refractivity contribution is 0.00299. The fourth-order valence-electron chi connectivity index (χ4n) is 2.12. The molecule has 0 bridgehead atoms. The van der Waals surface area contributed by atoms with Crippen molar-refractivity contribution in [3.8, 4) is 12.1 Å². The Morgan fingerprint density at radius 2 is 2.00 bits per heavy atom. The van der Waals surface area contributed by atoms with E-state index in [4.69, 9.17) is 15.3 Å². The summed E-state index contributed by atoms with van der Waals surface area (Å²) in [5.74, 6) is 0. The maximum atomic E-state index is 8.94. The van der Waals surface area contributed by atoms with E-state index in [2.05, 4.69) is 5.32 Å². The van der Waals surface area contributed by atoms with Crippen molar-refractivity contribution in [2.75, 3.05) is 11.9 Å². The van der Waals surface area contributed by atoms with Crippen molar-refractivity contribution in [1.29, 1.82) is 10.5 Å². The molecule has 0 aliphatic heterocycles. The monoisotopic (exact) mass is 241 g/mol. The predicted octanol–water partition coefficient (Wildman–Crippen LogP) is 2.41. The largest absolute Gasteiger partial charge is 0.382 e. The molecule has 4 nitrogen and oxygen atoms in total. The lowest BCUT2D eigenvalue weighted by Gasteiger charge is -2.36. The van der Waals surface area contributed by atoms with Gasteiger partial charge in [-0.05, 0) is 38.0 Å². The number of ether oxygens (including phenoxy) is 1. The number of hydrogen-bond acceptors (Lipinski definition) is 4. The van der Waals surface area contributed by atoms with E-state index in [0.29, 0.717) is 23.3 Å². The van der Waals surface area contributed by atoms with Crippen LogP contribution in [0.2, 0.25) is 0 Å². The van der Waals surface area contributed by atoms with Gasteiger partial charge in [-0.15, -0.1) is 0 Å². The molecule has 1 saturated carbocycles. The van der Waals surface area contributed by atoms with Crippen LogP contribution >= 0.6 is 0 Å². The number of hydrogen-bond donors (Lipinski definition) is 1. The summed E-state index contributed by atoms with van der Waals surface area (Å²) in [7, 11) is 0. The maximum Gasteiger partial charge on any atom is 0.101 e. The lowest BCUT2D eigenvalue weighted by atomic mass is 9.89. The Labute approximate surface area is 107 Å². The molecule has 0 heterocycles. The smallest absolute Gasteiger partial charge is 0.101 e. The van der Waals surface area contributed by atoms with Gasteiger partial charge in [0.25, 0.3) is 0 Å². The standard InChI is InChI=1S/C14H15N3O/c1-2-18-14-6-13(7-14)17-12-4-3-10(8-15)11(5-12)9-16/h3-5,13-14,17H,2,6-7H2,1H3. The Balaban J connectivity index is 1.96. The van der Waals surface area contributed by atoms with E-state index < -0.39 is 0 Å². The second-order valence-corrected chi connectivity index (χ2v) is 4.37. The highest BCUT2D eigenvalue weighted by molar-refractivity contribution is 5.56. The molecule has 92 valence electrons. The van der Waals surface area contributed by atoms with Gasteiger partial charge in [0.1, 0.15) is 12.1 Å². The van der Waals surface area contributed by atoms with E-state index in [0.717, 1.165) is 25.1 Å². The zero-order valence-corrected chi connectivity index (χ0v) is 10.3. The van der Waals surface area contributed by atoms with Crippen LogP contribution in [0.15, 0.2) is 18.2 Å². The Bertz CT molecular complexity index is 507. The Morgan fingerprint density at radius 3 is 2.61 bits per heavy atom. The van der Waals surface area contributed by atoms with Gasteiger partial charge in [-0.25, -0.2) is 0 Å². The zero-order valence-electron chi connectivity index (χ0n) is 10.3. The second kappa shape index (κ2) is 5.53. The third kappa shape index (κ3) is 2.61. The van der Waals surface area contributed by atoms with Gasteiger partial charge >= 0.3 is 0 Å². The van der Waals surface area contributed by atoms with Crippen molar-refractivity contribution < 1.29 is 4.74 Å². The molecule has 0 aromatic heterocycles. The number of nitrogens with zero attached hydrogens (tertiary/aromatic N) is 2. The van der Waals surface area contributed by atoms with Crippen molar-refractivity contribution in [3.63, 3.8) is 0 Å². The van der Waals surface area contributed by atoms with Crippen LogP contribution in [0.4, 0.5) is 5.69 Å². The number of benzene rings is 1. The summed E-state index contributed by atoms with van der Waals surface area (Å²) >= 11 is 0. The average Bonchev–Trinajstić information content (AvgIpc) is 2.36. The summed E-state index contributed by atoms with van der Waals surface area (Å²) < 4.78 is 5.49. The van der Waals surface area contributed by atoms with Gasteiger partial charge < -0.3 is 10.1 Å². The SMILES string of the molecule is CCOC1CC(Nc2ccc(C#N)c(C#N)c2)C1. The molecule has 0 radical (unpaired) electrons. The first-order chi connectivity index (χ1) is 8.76. The average molecular weight is 241 g/mol. The highest BCUT2D eigenvalue weighted by Crippen LogP contribution is 2.27. The number of anilines is 1. The first-order valence-electron chi connectivity index (χ1n) is 6.09. The molecule has 1 aromatic carbocycles. The fraction of sp³-hybridized carbons (Fsp3) is 0.429. The minimum absolute atomic E-state index is 0.362. The van der Waals surface area contributed by atoms with Crippen molar-refractivity contribution in [1.82, 2.24) is 0 Å². The molecule has 1 aliphatic carbocycles. The number of rotatable bonds is 4. The van der Waals surface area contributed by atoms with Gasteiger partial charge in [0.05, 0.1) is 17.2 Å². The second-order valence-electron chi connectivity index (χ2n) is 4.37. The summed E-state index contributed by atoms with van der Waals surface area (Å²) in [4.78, 5) is 0. The van der Waals surface area contributed by atoms with E-state index in [-0.39, 0.29) is 0 Å². The normalized spacial score (nSPS) is 21.5. The molecule has 1 aromatic rings. The van der Waals surface area contributed by atoms with Gasteiger partial charge in [-0.2, -0.15) is 10.5 Å². The molecule has 1 aliphatic rings. The van der Waals surface area contributed by atoms with E-state index in [1.807, 2.05) is 25.1 Å². The zero-order chi connectivity index (χ0) is 13.0. The first-order valence-corrected chi connectivity index (χ1v) is 6.09. The third-order valence-corrected chi connectivity index (χ3v) is 3.13. The van der Waals surface area contributed by atoms with Gasteiger partial charge in [-0.3, -0.25) is 0 Å². The minimum Gasteiger partial charge on any atom is -0.382 e. The van der Waals surface area contributed by atoms with E-state index in [1.165, 1.54) is 0 Å². The molecular formula is C14H15N3O. The van der Waals surface area contributed by atoms with Crippen LogP contribution in [0.1, 0.15) is 30.9 Å². The number of nitrogens with one attached hydrogen (secondary N) is 1. The van der Waals surface area contributed by atoms with Crippen LogP contribution in [-0.4, -0.2) is 18.8 Å². The van der Waals surface area contributed by atoms with Gasteiger partial charge in [0, 0.05) is 18.3 Å². The predicted molar refractivity (Wildman–Crippen MR) is 67.9 cm³/mol. The maximum absolute atomic E-state index is 8.94. The molecule has 0 atom stereocenters. The van der Waals surface area contributed by atoms with E-state index in [1.54, 1.807) is 12.1 Å². The lowest BCUT2D eigenvalue weighted by Crippen LogP contribution is -2.40. The fourth-order valence-corrected chi connectivity index (χ4v) is 2.12. The first kappa shape index (κ1) is 12.4. The molecule has 4 heteroatoms. The Hall–Kier alpha value is -2.04. The molecule has 0 spiro atoms. The van der Waals surface area contributed by atoms with Crippen molar-refractivity contribution in [3.05, 3.63) is 29.3 Å². The molecule has 1 fully saturated rings. The summed E-state index contributed by atoms with van der Waals surface area (Å²) in [6.45, 7) is 2.76. The van der Waals surface area contributed by atoms with Crippen LogP contribution in [0.3, 0.4) is 0 Å². The summed E-state index contributed by atoms with van der Waals surface area (Å²) in [5.41, 5.74) is 1.73. The summed E-state index contributed by atoms with van der Waals surface area (Å²) in [5, 5.41) is 21.1. The van der Waals surface area contributed by atoms with Crippen LogP contribution in [0.25, 0.3) is 0 Å². The molecule has 1 N–H and O–H groups in total. The summed E-state index contributed by atoms with van der Waals surface area (Å²) in [6.07, 6.45) is 2.35. The quantitative estimate of drug-likeness (QED) is 0.878. The van der Waals surface area contributed by atoms with Crippen LogP contribution in [0.5, 0.6) is 0 Å². The van der Waals surface area contributed by atoms with E-state index in [9.17, 15) is 0 Å². The van der Waals surface area contributed by atoms with Crippen LogP contribution in [0, 0.1) is 22.7 Å². The molecular weight excluding hydrogens is 226 g/mol. The van der Waals surface area contributed by atoms with Gasteiger partial charge in [0.15, 0.2) is 0 Å². The van der Waals surface area contributed by atoms with Crippen LogP contribution in [-0.2, 0) is 4.74 Å². The molecule has 2 rings (SSSR count). The van der Waals surface area contributed by atoms with E-state index >= 15 is 0 Å². The molecule has 0 amide bonds. The minimum atomic E-state index is 0.362. The topological polar surface area (TPSA) is 68.8 Å². The number of nitriles is 2. The highest BCUT2D eigenvalue weighted by Gasteiger charge is 2.29. The molecule has 0 unspecified atom stereocenters. The highest BCUT2D eigenvalue weighted by atomic mass is 16.5. The third-order valence-electron chi connectivity index (χ3n) is 3.13. The summed E-state index contributed by atoms with van der Waals surface area (Å²) in [6, 6.07) is 9.70. The molecule has 0 saturated heterocycles. The van der Waals surface area contributed by atoms with Crippen molar-refractivity contribution in [2.45, 2.75) is 31.9 Å². The van der Waals surface area contributed by atoms with Gasteiger partial charge in [0.2, 0.25) is 0 Å². The van der Waals surface area contributed by atoms with Crippen molar-refractivity contribution in [2.24, 2.45) is 0 Å². The van der Waals surface area contributed by atoms with Gasteiger partial charge in [-0.1, -0.05) is 0 Å². The van der Waals surface area contributed by atoms with Crippen molar-refractivity contribution >= 4 is 5.69 Å². The Kier molecular flexibility index (Phi) is 3.82. The Morgan fingerprint density at radius 1 is 1.28 bits per heavy atom. The molecule has 18 heavy (non-hydrogen) atoms.